The summed E-state index contributed by atoms with van der Waals surface area (Å²) < 4.78 is 5.19. The van der Waals surface area contributed by atoms with E-state index in [0.29, 0.717) is 19.6 Å². The van der Waals surface area contributed by atoms with Crippen molar-refractivity contribution >= 4 is 17.6 Å². The van der Waals surface area contributed by atoms with Crippen molar-refractivity contribution in [3.8, 4) is 0 Å². The number of carbonyl (C=O) groups is 2. The number of hydrogen-bond acceptors (Lipinski definition) is 4. The molecule has 1 atom stereocenters. The molecule has 2 aromatic rings. The Bertz CT molecular complexity index is 842. The molecule has 0 saturated carbocycles. The van der Waals surface area contributed by atoms with Crippen LogP contribution < -0.4 is 5.32 Å². The maximum Gasteiger partial charge on any atom is 0.321 e. The van der Waals surface area contributed by atoms with Gasteiger partial charge < -0.3 is 19.6 Å². The minimum atomic E-state index is -0.192. The number of aromatic nitrogens is 1. The van der Waals surface area contributed by atoms with Gasteiger partial charge in [-0.15, -0.1) is 0 Å². The molecule has 1 aliphatic rings. The van der Waals surface area contributed by atoms with Gasteiger partial charge in [-0.2, -0.15) is 0 Å². The number of likely N-dealkylation sites (tertiary alicyclic amines) is 1. The number of piperidine rings is 1. The maximum absolute atomic E-state index is 12.9. The molecule has 1 aromatic carbocycles. The summed E-state index contributed by atoms with van der Waals surface area (Å²) in [5.74, 6) is 0.593. The number of carbonyl (C=O) groups excluding carboxylic acids is 2. The van der Waals surface area contributed by atoms with Crippen molar-refractivity contribution in [3.05, 3.63) is 46.8 Å². The van der Waals surface area contributed by atoms with Gasteiger partial charge in [-0.3, -0.25) is 4.79 Å². The van der Waals surface area contributed by atoms with Crippen molar-refractivity contribution in [2.45, 2.75) is 40.2 Å². The van der Waals surface area contributed by atoms with Crippen LogP contribution in [-0.2, 0) is 11.3 Å². The predicted molar refractivity (Wildman–Crippen MR) is 107 cm³/mol. The van der Waals surface area contributed by atoms with Gasteiger partial charge in [0.05, 0.1) is 18.2 Å². The Balaban J connectivity index is 1.60. The molecule has 0 spiro atoms. The van der Waals surface area contributed by atoms with Gasteiger partial charge in [0.1, 0.15) is 5.76 Å². The highest BCUT2D eigenvalue weighted by molar-refractivity contribution is 5.90. The van der Waals surface area contributed by atoms with Gasteiger partial charge in [0, 0.05) is 31.4 Å². The summed E-state index contributed by atoms with van der Waals surface area (Å²) >= 11 is 0. The lowest BCUT2D eigenvalue weighted by molar-refractivity contribution is -0.136. The van der Waals surface area contributed by atoms with Crippen LogP contribution in [0.25, 0.3) is 0 Å². The average Bonchev–Trinajstić information content (AvgIpc) is 2.99. The van der Waals surface area contributed by atoms with E-state index >= 15 is 0 Å². The van der Waals surface area contributed by atoms with E-state index in [0.717, 1.165) is 41.1 Å². The third-order valence-electron chi connectivity index (χ3n) is 5.28. The third kappa shape index (κ3) is 4.52. The third-order valence-corrected chi connectivity index (χ3v) is 5.28. The highest BCUT2D eigenvalue weighted by Gasteiger charge is 2.30. The van der Waals surface area contributed by atoms with Crippen LogP contribution in [0.15, 0.2) is 28.8 Å². The van der Waals surface area contributed by atoms with Crippen LogP contribution in [0.2, 0.25) is 0 Å². The molecule has 28 heavy (non-hydrogen) atoms. The summed E-state index contributed by atoms with van der Waals surface area (Å²) in [7, 11) is 1.79. The number of nitrogens with zero attached hydrogens (tertiary/aromatic N) is 3. The first-order chi connectivity index (χ1) is 13.3. The van der Waals surface area contributed by atoms with E-state index in [9.17, 15) is 9.59 Å². The highest BCUT2D eigenvalue weighted by Crippen LogP contribution is 2.22. The topological polar surface area (TPSA) is 78.7 Å². The van der Waals surface area contributed by atoms with Crippen molar-refractivity contribution in [3.63, 3.8) is 0 Å². The van der Waals surface area contributed by atoms with E-state index in [1.807, 2.05) is 45.0 Å². The number of nitrogens with one attached hydrogen (secondary N) is 1. The van der Waals surface area contributed by atoms with Gasteiger partial charge in [0.25, 0.3) is 0 Å². The minimum absolute atomic E-state index is 0.0491. The summed E-state index contributed by atoms with van der Waals surface area (Å²) in [6.45, 7) is 7.28. The van der Waals surface area contributed by atoms with Crippen LogP contribution in [0.1, 0.15) is 35.4 Å². The van der Waals surface area contributed by atoms with Crippen molar-refractivity contribution in [2.24, 2.45) is 5.92 Å². The van der Waals surface area contributed by atoms with Gasteiger partial charge in [-0.05, 0) is 51.3 Å². The van der Waals surface area contributed by atoms with E-state index in [2.05, 4.69) is 10.5 Å². The summed E-state index contributed by atoms with van der Waals surface area (Å²) in [5, 5.41) is 6.88. The Kier molecular flexibility index (Phi) is 6.02. The van der Waals surface area contributed by atoms with E-state index in [1.165, 1.54) is 0 Å². The molecule has 1 unspecified atom stereocenters. The number of urea groups is 1. The minimum Gasteiger partial charge on any atom is -0.361 e. The Morgan fingerprint density at radius 3 is 2.79 bits per heavy atom. The molecule has 3 amide bonds. The zero-order chi connectivity index (χ0) is 20.3. The Labute approximate surface area is 165 Å². The summed E-state index contributed by atoms with van der Waals surface area (Å²) in [6, 6.07) is 7.55. The predicted octanol–water partition coefficient (Wildman–Crippen LogP) is 3.50. The standard InChI is InChI=1S/C21H28N4O3/c1-14-7-5-9-18(11-14)22-21(27)25-10-6-8-17(12-25)20(26)24(4)13-19-15(2)23-28-16(19)3/h5,7,9,11,17H,6,8,10,12-13H2,1-4H3,(H,22,27). The number of anilines is 1. The van der Waals surface area contributed by atoms with Crippen LogP contribution in [0.3, 0.4) is 0 Å². The summed E-state index contributed by atoms with van der Waals surface area (Å²) in [4.78, 5) is 29.0. The smallest absolute Gasteiger partial charge is 0.321 e. The van der Waals surface area contributed by atoms with Gasteiger partial charge in [0.15, 0.2) is 0 Å². The molecular weight excluding hydrogens is 356 g/mol. The molecular formula is C21H28N4O3. The molecule has 1 aliphatic heterocycles. The molecule has 7 heteroatoms. The van der Waals surface area contributed by atoms with Crippen LogP contribution in [0.4, 0.5) is 10.5 Å². The second kappa shape index (κ2) is 8.46. The second-order valence-electron chi connectivity index (χ2n) is 7.58. The number of benzene rings is 1. The van der Waals surface area contributed by atoms with Gasteiger partial charge in [0.2, 0.25) is 5.91 Å². The fraction of sp³-hybridized carbons (Fsp3) is 0.476. The Hall–Kier alpha value is -2.83. The molecule has 3 rings (SSSR count). The fourth-order valence-corrected chi connectivity index (χ4v) is 3.64. The molecule has 2 heterocycles. The van der Waals surface area contributed by atoms with Crippen molar-refractivity contribution < 1.29 is 14.1 Å². The highest BCUT2D eigenvalue weighted by atomic mass is 16.5. The zero-order valence-electron chi connectivity index (χ0n) is 17.0. The number of amides is 3. The number of hydrogen-bond donors (Lipinski definition) is 1. The molecule has 0 bridgehead atoms. The zero-order valence-corrected chi connectivity index (χ0v) is 17.0. The largest absolute Gasteiger partial charge is 0.361 e. The van der Waals surface area contributed by atoms with Crippen molar-refractivity contribution in [2.75, 3.05) is 25.5 Å². The molecule has 7 nitrogen and oxygen atoms in total. The SMILES string of the molecule is Cc1cccc(NC(=O)N2CCCC(C(=O)N(C)Cc3c(C)noc3C)C2)c1. The molecule has 0 radical (unpaired) electrons. The summed E-state index contributed by atoms with van der Waals surface area (Å²) in [6.07, 6.45) is 1.61. The average molecular weight is 384 g/mol. The Morgan fingerprint density at radius 1 is 1.32 bits per heavy atom. The first-order valence-electron chi connectivity index (χ1n) is 9.64. The van der Waals surface area contributed by atoms with Crippen LogP contribution >= 0.6 is 0 Å². The molecule has 1 fully saturated rings. The molecule has 1 N–H and O–H groups in total. The van der Waals surface area contributed by atoms with E-state index < -0.39 is 0 Å². The van der Waals surface area contributed by atoms with Gasteiger partial charge in [-0.1, -0.05) is 17.3 Å². The quantitative estimate of drug-likeness (QED) is 0.875. The molecule has 0 aliphatic carbocycles. The molecule has 1 aromatic heterocycles. The van der Waals surface area contributed by atoms with Gasteiger partial charge >= 0.3 is 6.03 Å². The van der Waals surface area contributed by atoms with Crippen molar-refractivity contribution in [1.82, 2.24) is 15.0 Å². The van der Waals surface area contributed by atoms with Gasteiger partial charge in [-0.25, -0.2) is 4.79 Å². The Morgan fingerprint density at radius 2 is 2.11 bits per heavy atom. The first-order valence-corrected chi connectivity index (χ1v) is 9.64. The maximum atomic E-state index is 12.9. The van der Waals surface area contributed by atoms with Crippen molar-refractivity contribution in [1.29, 1.82) is 0 Å². The van der Waals surface area contributed by atoms with E-state index in [4.69, 9.17) is 4.52 Å². The molecule has 1 saturated heterocycles. The second-order valence-corrected chi connectivity index (χ2v) is 7.58. The lowest BCUT2D eigenvalue weighted by Crippen LogP contribution is -2.47. The number of rotatable bonds is 4. The van der Waals surface area contributed by atoms with Crippen LogP contribution in [0, 0.1) is 26.7 Å². The van der Waals surface area contributed by atoms with E-state index in [1.54, 1.807) is 16.8 Å². The number of aryl methyl sites for hydroxylation is 3. The van der Waals surface area contributed by atoms with Crippen LogP contribution in [-0.4, -0.2) is 47.0 Å². The lowest BCUT2D eigenvalue weighted by Gasteiger charge is -2.34. The molecule has 150 valence electrons. The van der Waals surface area contributed by atoms with Crippen LogP contribution in [0.5, 0.6) is 0 Å². The van der Waals surface area contributed by atoms with E-state index in [-0.39, 0.29) is 17.9 Å². The normalized spacial score (nSPS) is 16.7. The lowest BCUT2D eigenvalue weighted by atomic mass is 9.96. The monoisotopic (exact) mass is 384 g/mol. The first kappa shape index (κ1) is 19.9. The summed E-state index contributed by atoms with van der Waals surface area (Å²) in [5.41, 5.74) is 3.61. The fourth-order valence-electron chi connectivity index (χ4n) is 3.64.